The number of fused-ring (bicyclic) bond motifs is 1. The molecule has 1 amide bonds. The molecule has 2 N–H and O–H groups in total. The highest BCUT2D eigenvalue weighted by Gasteiger charge is 2.39. The van der Waals surface area contributed by atoms with Crippen LogP contribution in [0.4, 0.5) is 0 Å². The average Bonchev–Trinajstić information content (AvgIpc) is 2.83. The van der Waals surface area contributed by atoms with Gasteiger partial charge in [-0.15, -0.1) is 0 Å². The molecule has 2 rings (SSSR count). The van der Waals surface area contributed by atoms with Crippen LogP contribution in [0.1, 0.15) is 25.7 Å². The predicted octanol–water partition coefficient (Wildman–Crippen LogP) is 0.0453. The van der Waals surface area contributed by atoms with E-state index in [1.54, 1.807) is 19.0 Å². The Morgan fingerprint density at radius 1 is 1.50 bits per heavy atom. The van der Waals surface area contributed by atoms with Crippen molar-refractivity contribution in [2.45, 2.75) is 43.9 Å². The SMILES string of the molecule is CN(C)C(=O)CC(CN)N1CCOC2CCCC21. The van der Waals surface area contributed by atoms with Gasteiger partial charge in [-0.3, -0.25) is 9.69 Å². The molecule has 0 spiro atoms. The molecule has 1 saturated carbocycles. The molecule has 2 fully saturated rings. The van der Waals surface area contributed by atoms with Crippen LogP contribution in [-0.2, 0) is 9.53 Å². The topological polar surface area (TPSA) is 58.8 Å². The smallest absolute Gasteiger partial charge is 0.223 e. The van der Waals surface area contributed by atoms with E-state index in [9.17, 15) is 4.79 Å². The molecule has 104 valence electrons. The second-order valence-corrected chi connectivity index (χ2v) is 5.53. The van der Waals surface area contributed by atoms with Crippen LogP contribution >= 0.6 is 0 Å². The minimum absolute atomic E-state index is 0.159. The number of nitrogens with two attached hydrogens (primary N) is 1. The Hall–Kier alpha value is -0.650. The molecule has 1 heterocycles. The summed E-state index contributed by atoms with van der Waals surface area (Å²) >= 11 is 0. The molecule has 5 nitrogen and oxygen atoms in total. The first-order valence-corrected chi connectivity index (χ1v) is 6.91. The number of rotatable bonds is 4. The zero-order valence-corrected chi connectivity index (χ0v) is 11.5. The molecule has 1 aliphatic heterocycles. The van der Waals surface area contributed by atoms with E-state index >= 15 is 0 Å². The Morgan fingerprint density at radius 3 is 2.94 bits per heavy atom. The van der Waals surface area contributed by atoms with Gasteiger partial charge in [-0.05, 0) is 19.3 Å². The highest BCUT2D eigenvalue weighted by Crippen LogP contribution is 2.31. The van der Waals surface area contributed by atoms with Crippen molar-refractivity contribution < 1.29 is 9.53 Å². The number of amides is 1. The second kappa shape index (κ2) is 5.99. The van der Waals surface area contributed by atoms with Gasteiger partial charge in [0.05, 0.1) is 12.7 Å². The summed E-state index contributed by atoms with van der Waals surface area (Å²) in [5.41, 5.74) is 5.88. The zero-order chi connectivity index (χ0) is 13.1. The Balaban J connectivity index is 2.00. The van der Waals surface area contributed by atoms with E-state index in [2.05, 4.69) is 4.90 Å². The average molecular weight is 255 g/mol. The Bertz CT molecular complexity index is 296. The van der Waals surface area contributed by atoms with Gasteiger partial charge in [-0.25, -0.2) is 0 Å². The van der Waals surface area contributed by atoms with Crippen LogP contribution in [0.2, 0.25) is 0 Å². The molecular formula is C13H25N3O2. The van der Waals surface area contributed by atoms with Crippen molar-refractivity contribution >= 4 is 5.91 Å². The molecule has 5 heteroatoms. The highest BCUT2D eigenvalue weighted by atomic mass is 16.5. The molecule has 1 saturated heterocycles. The fourth-order valence-corrected chi connectivity index (χ4v) is 3.13. The van der Waals surface area contributed by atoms with Gasteiger partial charge in [0, 0.05) is 45.7 Å². The first kappa shape index (κ1) is 13.8. The first-order valence-electron chi connectivity index (χ1n) is 6.91. The lowest BCUT2D eigenvalue weighted by atomic mass is 10.0. The fraction of sp³-hybridized carbons (Fsp3) is 0.923. The molecule has 0 radical (unpaired) electrons. The van der Waals surface area contributed by atoms with E-state index in [1.807, 2.05) is 0 Å². The lowest BCUT2D eigenvalue weighted by molar-refractivity contribution is -0.131. The zero-order valence-electron chi connectivity index (χ0n) is 11.5. The normalized spacial score (nSPS) is 29.9. The van der Waals surface area contributed by atoms with Crippen molar-refractivity contribution in [3.05, 3.63) is 0 Å². The van der Waals surface area contributed by atoms with E-state index in [0.717, 1.165) is 19.6 Å². The van der Waals surface area contributed by atoms with Crippen LogP contribution in [0.5, 0.6) is 0 Å². The molecule has 2 aliphatic rings. The van der Waals surface area contributed by atoms with E-state index in [4.69, 9.17) is 10.5 Å². The van der Waals surface area contributed by atoms with Crippen LogP contribution in [0.25, 0.3) is 0 Å². The Labute approximate surface area is 109 Å². The number of carbonyl (C=O) groups excluding carboxylic acids is 1. The summed E-state index contributed by atoms with van der Waals surface area (Å²) in [7, 11) is 3.60. The summed E-state index contributed by atoms with van der Waals surface area (Å²) in [4.78, 5) is 15.9. The lowest BCUT2D eigenvalue weighted by Gasteiger charge is -2.42. The number of carbonyl (C=O) groups is 1. The van der Waals surface area contributed by atoms with Crippen molar-refractivity contribution in [2.75, 3.05) is 33.8 Å². The van der Waals surface area contributed by atoms with Gasteiger partial charge >= 0.3 is 0 Å². The first-order chi connectivity index (χ1) is 8.63. The fourth-order valence-electron chi connectivity index (χ4n) is 3.13. The summed E-state index contributed by atoms with van der Waals surface area (Å²) in [6.07, 6.45) is 4.44. The van der Waals surface area contributed by atoms with Crippen LogP contribution < -0.4 is 5.73 Å². The van der Waals surface area contributed by atoms with Crippen molar-refractivity contribution in [2.24, 2.45) is 5.73 Å². The van der Waals surface area contributed by atoms with Gasteiger partial charge in [0.2, 0.25) is 5.91 Å². The molecule has 3 unspecified atom stereocenters. The third-order valence-electron chi connectivity index (χ3n) is 4.18. The van der Waals surface area contributed by atoms with Crippen LogP contribution in [0, 0.1) is 0 Å². The maximum Gasteiger partial charge on any atom is 0.223 e. The largest absolute Gasteiger partial charge is 0.375 e. The maximum absolute atomic E-state index is 11.9. The second-order valence-electron chi connectivity index (χ2n) is 5.53. The number of hydrogen-bond donors (Lipinski definition) is 1. The molecule has 18 heavy (non-hydrogen) atoms. The standard InChI is InChI=1S/C13H25N3O2/c1-15(2)13(17)8-10(9-14)16-6-7-18-12-5-3-4-11(12)16/h10-12H,3-9,14H2,1-2H3. The van der Waals surface area contributed by atoms with E-state index in [0.29, 0.717) is 25.1 Å². The molecule has 1 aliphatic carbocycles. The van der Waals surface area contributed by atoms with Crippen molar-refractivity contribution in [1.29, 1.82) is 0 Å². The molecular weight excluding hydrogens is 230 g/mol. The number of ether oxygens (including phenoxy) is 1. The van der Waals surface area contributed by atoms with Crippen molar-refractivity contribution in [3.63, 3.8) is 0 Å². The van der Waals surface area contributed by atoms with Gasteiger partial charge in [0.15, 0.2) is 0 Å². The van der Waals surface area contributed by atoms with Gasteiger partial charge < -0.3 is 15.4 Å². The summed E-state index contributed by atoms with van der Waals surface area (Å²) in [5.74, 6) is 0.159. The summed E-state index contributed by atoms with van der Waals surface area (Å²) in [5, 5.41) is 0. The number of nitrogens with zero attached hydrogens (tertiary/aromatic N) is 2. The molecule has 0 aromatic heterocycles. The predicted molar refractivity (Wildman–Crippen MR) is 70.2 cm³/mol. The van der Waals surface area contributed by atoms with Gasteiger partial charge in [-0.2, -0.15) is 0 Å². The van der Waals surface area contributed by atoms with Crippen molar-refractivity contribution in [1.82, 2.24) is 9.80 Å². The lowest BCUT2D eigenvalue weighted by Crippen LogP contribution is -2.56. The summed E-state index contributed by atoms with van der Waals surface area (Å²) in [6.45, 7) is 2.22. The maximum atomic E-state index is 11.9. The van der Waals surface area contributed by atoms with Gasteiger partial charge in [-0.1, -0.05) is 0 Å². The van der Waals surface area contributed by atoms with Crippen molar-refractivity contribution in [3.8, 4) is 0 Å². The van der Waals surface area contributed by atoms with E-state index < -0.39 is 0 Å². The molecule has 0 bridgehead atoms. The van der Waals surface area contributed by atoms with Crippen LogP contribution in [-0.4, -0.2) is 67.7 Å². The van der Waals surface area contributed by atoms with E-state index in [1.165, 1.54) is 12.8 Å². The minimum atomic E-state index is 0.159. The Morgan fingerprint density at radius 2 is 2.28 bits per heavy atom. The Kier molecular flexibility index (Phi) is 4.59. The van der Waals surface area contributed by atoms with Crippen LogP contribution in [0.15, 0.2) is 0 Å². The number of morpholine rings is 1. The third kappa shape index (κ3) is 2.84. The quantitative estimate of drug-likeness (QED) is 0.771. The highest BCUT2D eigenvalue weighted by molar-refractivity contribution is 5.76. The number of hydrogen-bond acceptors (Lipinski definition) is 4. The molecule has 0 aromatic rings. The minimum Gasteiger partial charge on any atom is -0.375 e. The molecule has 0 aromatic carbocycles. The van der Waals surface area contributed by atoms with Gasteiger partial charge in [0.1, 0.15) is 0 Å². The summed E-state index contributed by atoms with van der Waals surface area (Å²) < 4.78 is 5.80. The van der Waals surface area contributed by atoms with Crippen LogP contribution in [0.3, 0.4) is 0 Å². The third-order valence-corrected chi connectivity index (χ3v) is 4.18. The molecule has 3 atom stereocenters. The van der Waals surface area contributed by atoms with Gasteiger partial charge in [0.25, 0.3) is 0 Å². The van der Waals surface area contributed by atoms with E-state index in [-0.39, 0.29) is 11.9 Å². The summed E-state index contributed by atoms with van der Waals surface area (Å²) in [6, 6.07) is 0.636. The monoisotopic (exact) mass is 255 g/mol.